The van der Waals surface area contributed by atoms with Gasteiger partial charge in [-0.3, -0.25) is 4.79 Å². The van der Waals surface area contributed by atoms with E-state index in [0.717, 1.165) is 12.1 Å². The first kappa shape index (κ1) is 31.4. The molecule has 3 aromatic carbocycles. The molecular formula is C34H31F5N4O3. The average Bonchev–Trinajstić information content (AvgIpc) is 3.53. The van der Waals surface area contributed by atoms with Crippen molar-refractivity contribution in [3.63, 3.8) is 0 Å². The Bertz CT molecular complexity index is 1960. The Hall–Kier alpha value is -4.58. The first-order valence-corrected chi connectivity index (χ1v) is 14.7. The number of ether oxygens (including phenoxy) is 1. The zero-order chi connectivity index (χ0) is 33.0. The summed E-state index contributed by atoms with van der Waals surface area (Å²) in [6, 6.07) is 13.4. The molecule has 1 fully saturated rings. The Labute approximate surface area is 261 Å². The maximum Gasteiger partial charge on any atom is 0.416 e. The summed E-state index contributed by atoms with van der Waals surface area (Å²) < 4.78 is 82.2. The van der Waals surface area contributed by atoms with Gasteiger partial charge in [0.1, 0.15) is 11.6 Å². The van der Waals surface area contributed by atoms with Gasteiger partial charge >= 0.3 is 6.18 Å². The Balaban J connectivity index is 1.54. The van der Waals surface area contributed by atoms with Crippen LogP contribution in [-0.4, -0.2) is 41.0 Å². The summed E-state index contributed by atoms with van der Waals surface area (Å²) in [5.74, 6) is -0.890. The van der Waals surface area contributed by atoms with Crippen LogP contribution in [0.2, 0.25) is 0 Å². The zero-order valence-electron chi connectivity index (χ0n) is 25.6. The summed E-state index contributed by atoms with van der Waals surface area (Å²) >= 11 is 0. The topological polar surface area (TPSA) is 73.4 Å². The number of hydrogen-bond donors (Lipinski definition) is 0. The highest BCUT2D eigenvalue weighted by Gasteiger charge is 2.34. The molecule has 0 saturated carbocycles. The van der Waals surface area contributed by atoms with Crippen molar-refractivity contribution >= 4 is 16.6 Å². The molecule has 1 saturated heterocycles. The summed E-state index contributed by atoms with van der Waals surface area (Å²) in [5, 5.41) is 4.14. The molecule has 0 radical (unpaired) electrons. The molecule has 2 aromatic heterocycles. The van der Waals surface area contributed by atoms with E-state index in [1.807, 2.05) is 18.7 Å². The van der Waals surface area contributed by atoms with E-state index < -0.39 is 39.8 Å². The van der Waals surface area contributed by atoms with Crippen LogP contribution in [-0.2, 0) is 21.9 Å². The third-order valence-corrected chi connectivity index (χ3v) is 8.71. The second kappa shape index (κ2) is 11.3. The summed E-state index contributed by atoms with van der Waals surface area (Å²) in [6.45, 7) is 8.92. The fourth-order valence-electron chi connectivity index (χ4n) is 5.79. The van der Waals surface area contributed by atoms with E-state index in [1.165, 1.54) is 36.5 Å². The van der Waals surface area contributed by atoms with E-state index in [2.05, 4.69) is 10.1 Å². The Morgan fingerprint density at radius 1 is 0.826 bits per heavy atom. The Kier molecular flexibility index (Phi) is 7.74. The quantitative estimate of drug-likeness (QED) is 0.182. The summed E-state index contributed by atoms with van der Waals surface area (Å²) in [7, 11) is 0. The van der Waals surface area contributed by atoms with Gasteiger partial charge in [-0.25, -0.2) is 8.78 Å². The highest BCUT2D eigenvalue weighted by molar-refractivity contribution is 5.87. The van der Waals surface area contributed by atoms with Gasteiger partial charge in [-0.1, -0.05) is 29.4 Å². The van der Waals surface area contributed by atoms with Crippen LogP contribution in [0.4, 0.5) is 27.6 Å². The second-order valence-electron chi connectivity index (χ2n) is 12.4. The highest BCUT2D eigenvalue weighted by Crippen LogP contribution is 2.37. The van der Waals surface area contributed by atoms with Gasteiger partial charge in [0.2, 0.25) is 17.1 Å². The lowest BCUT2D eigenvalue weighted by Crippen LogP contribution is -2.37. The first-order valence-electron chi connectivity index (χ1n) is 14.7. The highest BCUT2D eigenvalue weighted by atomic mass is 19.4. The van der Waals surface area contributed by atoms with Crippen molar-refractivity contribution in [2.45, 2.75) is 44.8 Å². The average molecular weight is 639 g/mol. The molecule has 12 heteroatoms. The van der Waals surface area contributed by atoms with E-state index in [4.69, 9.17) is 9.26 Å². The number of fused-ring (bicyclic) bond motifs is 1. The van der Waals surface area contributed by atoms with Gasteiger partial charge in [-0.15, -0.1) is 0 Å². The van der Waals surface area contributed by atoms with Crippen LogP contribution in [0.5, 0.6) is 0 Å². The number of rotatable bonds is 6. The number of benzene rings is 3. The molecule has 7 nitrogen and oxygen atoms in total. The zero-order valence-corrected chi connectivity index (χ0v) is 25.6. The monoisotopic (exact) mass is 638 g/mol. The summed E-state index contributed by atoms with van der Waals surface area (Å²) in [6.07, 6.45) is -2.98. The molecule has 0 aliphatic carbocycles. The lowest BCUT2D eigenvalue weighted by molar-refractivity contribution is -0.137. The minimum absolute atomic E-state index is 0.0101. The van der Waals surface area contributed by atoms with Crippen molar-refractivity contribution in [3.05, 3.63) is 111 Å². The summed E-state index contributed by atoms with van der Waals surface area (Å²) in [4.78, 5) is 20.4. The minimum atomic E-state index is -4.51. The van der Waals surface area contributed by atoms with Crippen molar-refractivity contribution in [3.8, 4) is 11.4 Å². The summed E-state index contributed by atoms with van der Waals surface area (Å²) in [5.41, 5.74) is -1.36. The molecule has 3 heterocycles. The maximum absolute atomic E-state index is 15.7. The van der Waals surface area contributed by atoms with Crippen LogP contribution in [0.1, 0.15) is 50.3 Å². The third-order valence-electron chi connectivity index (χ3n) is 8.71. The van der Waals surface area contributed by atoms with Crippen LogP contribution in [0.3, 0.4) is 0 Å². The fourth-order valence-corrected chi connectivity index (χ4v) is 5.79. The molecule has 5 aromatic rings. The molecule has 0 unspecified atom stereocenters. The molecule has 6 rings (SSSR count). The smallest absolute Gasteiger partial charge is 0.378 e. The van der Waals surface area contributed by atoms with Crippen LogP contribution in [0, 0.1) is 11.6 Å². The third kappa shape index (κ3) is 5.55. The Morgan fingerprint density at radius 3 is 2.07 bits per heavy atom. The molecule has 1 aliphatic heterocycles. The van der Waals surface area contributed by atoms with E-state index in [0.29, 0.717) is 42.9 Å². The van der Waals surface area contributed by atoms with Gasteiger partial charge in [-0.05, 0) is 75.2 Å². The number of morpholine rings is 1. The van der Waals surface area contributed by atoms with Gasteiger partial charge in [-0.2, -0.15) is 18.2 Å². The van der Waals surface area contributed by atoms with Crippen LogP contribution in [0.15, 0.2) is 76.2 Å². The standard InChI is InChI=1S/C34H31F5N4O3/c1-32(2,20-9-11-23(35)12-10-20)31-40-30(41-46-31)25-19-43(33(3,4)21-5-7-22(8-6-21)34(37,38)39)27-18-28(42-13-15-45-16-14-42)26(36)17-24(27)29(25)44/h5-12,17-19H,13-16H2,1-4H3. The van der Waals surface area contributed by atoms with Gasteiger partial charge in [0.15, 0.2) is 0 Å². The van der Waals surface area contributed by atoms with Crippen LogP contribution in [0.25, 0.3) is 22.3 Å². The number of pyridine rings is 1. The van der Waals surface area contributed by atoms with Crippen molar-refractivity contribution < 1.29 is 31.2 Å². The van der Waals surface area contributed by atoms with Crippen LogP contribution < -0.4 is 10.3 Å². The lowest BCUT2D eigenvalue weighted by atomic mass is 9.84. The van der Waals surface area contributed by atoms with Gasteiger partial charge < -0.3 is 18.7 Å². The van der Waals surface area contributed by atoms with Crippen molar-refractivity contribution in [1.82, 2.24) is 14.7 Å². The minimum Gasteiger partial charge on any atom is -0.378 e. The lowest BCUT2D eigenvalue weighted by Gasteiger charge is -2.33. The molecule has 240 valence electrons. The van der Waals surface area contributed by atoms with Crippen molar-refractivity contribution in [2.75, 3.05) is 31.2 Å². The number of halogens is 5. The van der Waals surface area contributed by atoms with Gasteiger partial charge in [0.25, 0.3) is 0 Å². The predicted octanol–water partition coefficient (Wildman–Crippen LogP) is 7.29. The SMILES string of the molecule is CC(C)(c1ccc(F)cc1)c1nc(-c2cn(C(C)(C)c3ccc(C(F)(F)F)cc3)c3cc(N4CCOCC4)c(F)cc3c2=O)no1. The van der Waals surface area contributed by atoms with E-state index in [9.17, 15) is 22.4 Å². The largest absolute Gasteiger partial charge is 0.416 e. The fraction of sp³-hybridized carbons (Fsp3) is 0.324. The molecule has 1 aliphatic rings. The van der Waals surface area contributed by atoms with Gasteiger partial charge in [0.05, 0.1) is 46.5 Å². The molecule has 0 bridgehead atoms. The number of anilines is 1. The van der Waals surface area contributed by atoms with Gasteiger partial charge in [0, 0.05) is 24.7 Å². The molecule has 46 heavy (non-hydrogen) atoms. The van der Waals surface area contributed by atoms with Crippen LogP contribution >= 0.6 is 0 Å². The van der Waals surface area contributed by atoms with E-state index in [-0.39, 0.29) is 28.4 Å². The second-order valence-corrected chi connectivity index (χ2v) is 12.4. The first-order chi connectivity index (χ1) is 21.7. The Morgan fingerprint density at radius 2 is 1.43 bits per heavy atom. The number of alkyl halides is 3. The normalized spacial score (nSPS) is 14.7. The maximum atomic E-state index is 15.7. The molecular weight excluding hydrogens is 607 g/mol. The molecule has 0 spiro atoms. The molecule has 0 atom stereocenters. The number of aromatic nitrogens is 3. The predicted molar refractivity (Wildman–Crippen MR) is 163 cm³/mol. The van der Waals surface area contributed by atoms with Crippen molar-refractivity contribution in [2.24, 2.45) is 0 Å². The van der Waals surface area contributed by atoms with E-state index in [1.54, 1.807) is 36.6 Å². The number of nitrogens with zero attached hydrogens (tertiary/aromatic N) is 4. The molecule has 0 amide bonds. The number of hydrogen-bond acceptors (Lipinski definition) is 6. The van der Waals surface area contributed by atoms with E-state index >= 15 is 4.39 Å². The molecule has 0 N–H and O–H groups in total. The van der Waals surface area contributed by atoms with Crippen molar-refractivity contribution in [1.29, 1.82) is 0 Å².